The van der Waals surface area contributed by atoms with Crippen molar-refractivity contribution < 1.29 is 18.3 Å². The van der Waals surface area contributed by atoms with E-state index < -0.39 is 21.8 Å². The summed E-state index contributed by atoms with van der Waals surface area (Å²) in [6.07, 6.45) is 1.44. The van der Waals surface area contributed by atoms with Gasteiger partial charge in [-0.15, -0.1) is 5.10 Å². The summed E-state index contributed by atoms with van der Waals surface area (Å²) in [6, 6.07) is -0.431. The lowest BCUT2D eigenvalue weighted by Crippen LogP contribution is -2.18. The van der Waals surface area contributed by atoms with Crippen molar-refractivity contribution in [3.63, 3.8) is 0 Å². The van der Waals surface area contributed by atoms with Gasteiger partial charge in [-0.3, -0.25) is 4.79 Å². The van der Waals surface area contributed by atoms with Crippen molar-refractivity contribution in [2.45, 2.75) is 31.6 Å². The van der Waals surface area contributed by atoms with Crippen LogP contribution in [0.3, 0.4) is 0 Å². The van der Waals surface area contributed by atoms with Crippen molar-refractivity contribution in [1.82, 2.24) is 20.2 Å². The molecule has 0 spiro atoms. The topological polar surface area (TPSA) is 115 Å². The molecule has 0 aliphatic heterocycles. The second-order valence-corrected chi connectivity index (χ2v) is 5.91. The molecule has 0 radical (unpaired) electrons. The summed E-state index contributed by atoms with van der Waals surface area (Å²) in [6.45, 7) is 1.79. The lowest BCUT2D eigenvalue weighted by Gasteiger charge is -2.13. The first-order chi connectivity index (χ1) is 7.83. The number of hydrogen-bond acceptors (Lipinski definition) is 6. The number of hydrogen-bond donors (Lipinski definition) is 1. The van der Waals surface area contributed by atoms with Crippen LogP contribution in [0, 0.1) is 0 Å². The van der Waals surface area contributed by atoms with Crippen molar-refractivity contribution in [3.05, 3.63) is 5.82 Å². The van der Waals surface area contributed by atoms with E-state index in [2.05, 4.69) is 15.5 Å². The second kappa shape index (κ2) is 5.21. The van der Waals surface area contributed by atoms with E-state index >= 15 is 0 Å². The van der Waals surface area contributed by atoms with E-state index in [0.717, 1.165) is 6.26 Å². The van der Waals surface area contributed by atoms with Gasteiger partial charge < -0.3 is 5.11 Å². The Labute approximate surface area is 98.6 Å². The minimum atomic E-state index is -3.25. The Kier molecular flexibility index (Phi) is 4.16. The van der Waals surface area contributed by atoms with Crippen LogP contribution in [0.1, 0.15) is 31.6 Å². The Bertz CT molecular complexity index is 495. The molecule has 1 aromatic heterocycles. The Balaban J connectivity index is 2.97. The zero-order chi connectivity index (χ0) is 13.1. The first-order valence-corrected chi connectivity index (χ1v) is 7.05. The van der Waals surface area contributed by atoms with Gasteiger partial charge in [0.15, 0.2) is 15.7 Å². The Hall–Kier alpha value is -1.51. The minimum absolute atomic E-state index is 0.141. The molecular weight excluding hydrogens is 248 g/mol. The lowest BCUT2D eigenvalue weighted by atomic mass is 10.1. The van der Waals surface area contributed by atoms with Crippen LogP contribution in [-0.2, 0) is 20.4 Å². The van der Waals surface area contributed by atoms with Gasteiger partial charge in [-0.1, -0.05) is 6.92 Å². The SMILES string of the molecule is CCC(CC(=O)O)n1nnnc1CS(C)(=O)=O. The monoisotopic (exact) mass is 262 g/mol. The summed E-state index contributed by atoms with van der Waals surface area (Å²) < 4.78 is 23.6. The maximum Gasteiger partial charge on any atom is 0.305 e. The quantitative estimate of drug-likeness (QED) is 0.744. The van der Waals surface area contributed by atoms with E-state index in [1.54, 1.807) is 6.92 Å². The molecule has 0 saturated heterocycles. The van der Waals surface area contributed by atoms with E-state index in [-0.39, 0.29) is 18.0 Å². The van der Waals surface area contributed by atoms with E-state index in [0.29, 0.717) is 6.42 Å². The van der Waals surface area contributed by atoms with Crippen molar-refractivity contribution in [3.8, 4) is 0 Å². The molecule has 9 heteroatoms. The van der Waals surface area contributed by atoms with Crippen LogP contribution in [0.4, 0.5) is 0 Å². The van der Waals surface area contributed by atoms with Crippen LogP contribution < -0.4 is 0 Å². The predicted octanol–water partition coefficient (Wildman–Crippen LogP) is -0.357. The molecule has 0 saturated carbocycles. The molecular formula is C8H14N4O4S. The van der Waals surface area contributed by atoms with Gasteiger partial charge in [0.1, 0.15) is 5.75 Å². The van der Waals surface area contributed by atoms with E-state index in [1.165, 1.54) is 4.68 Å². The number of tetrazole rings is 1. The van der Waals surface area contributed by atoms with Crippen molar-refractivity contribution >= 4 is 15.8 Å². The summed E-state index contributed by atoms with van der Waals surface area (Å²) in [4.78, 5) is 10.7. The normalized spacial score (nSPS) is 13.5. The highest BCUT2D eigenvalue weighted by molar-refractivity contribution is 7.89. The Morgan fingerprint density at radius 1 is 1.53 bits per heavy atom. The summed E-state index contributed by atoms with van der Waals surface area (Å²) in [5.74, 6) is -1.10. The fourth-order valence-electron chi connectivity index (χ4n) is 1.43. The van der Waals surface area contributed by atoms with Crippen LogP contribution in [-0.4, -0.2) is 46.0 Å². The maximum atomic E-state index is 11.2. The largest absolute Gasteiger partial charge is 0.481 e. The van der Waals surface area contributed by atoms with Crippen molar-refractivity contribution in [2.75, 3.05) is 6.26 Å². The third-order valence-corrected chi connectivity index (χ3v) is 2.96. The number of carbonyl (C=O) groups is 1. The van der Waals surface area contributed by atoms with E-state index in [9.17, 15) is 13.2 Å². The summed E-state index contributed by atoms with van der Waals surface area (Å²) in [5, 5.41) is 19.4. The molecule has 0 aliphatic rings. The van der Waals surface area contributed by atoms with Crippen LogP contribution in [0.5, 0.6) is 0 Å². The third-order valence-electron chi connectivity index (χ3n) is 2.18. The number of aromatic nitrogens is 4. The smallest absolute Gasteiger partial charge is 0.305 e. The molecule has 1 unspecified atom stereocenters. The fraction of sp³-hybridized carbons (Fsp3) is 0.750. The van der Waals surface area contributed by atoms with Crippen LogP contribution in [0.15, 0.2) is 0 Å². The molecule has 0 aromatic carbocycles. The van der Waals surface area contributed by atoms with E-state index in [4.69, 9.17) is 5.11 Å². The molecule has 1 atom stereocenters. The molecule has 0 bridgehead atoms. The van der Waals surface area contributed by atoms with Gasteiger partial charge in [-0.25, -0.2) is 13.1 Å². The summed E-state index contributed by atoms with van der Waals surface area (Å²) in [5.41, 5.74) is 0. The Morgan fingerprint density at radius 3 is 2.65 bits per heavy atom. The minimum Gasteiger partial charge on any atom is -0.481 e. The number of carboxylic acid groups (broad SMARTS) is 1. The highest BCUT2D eigenvalue weighted by atomic mass is 32.2. The number of nitrogens with zero attached hydrogens (tertiary/aromatic N) is 4. The van der Waals surface area contributed by atoms with Gasteiger partial charge >= 0.3 is 5.97 Å². The van der Waals surface area contributed by atoms with Gasteiger partial charge in [-0.05, 0) is 16.8 Å². The highest BCUT2D eigenvalue weighted by Gasteiger charge is 2.20. The number of sulfone groups is 1. The molecule has 1 rings (SSSR count). The average Bonchev–Trinajstić information content (AvgIpc) is 2.59. The van der Waals surface area contributed by atoms with Gasteiger partial charge in [0, 0.05) is 6.26 Å². The fourth-order valence-corrected chi connectivity index (χ4v) is 2.09. The molecule has 1 N–H and O–H groups in total. The standard InChI is InChI=1S/C8H14N4O4S/c1-3-6(4-8(13)14)12-7(9-10-11-12)5-17(2,15)16/h6H,3-5H2,1-2H3,(H,13,14). The molecule has 8 nitrogen and oxygen atoms in total. The van der Waals surface area contributed by atoms with Crippen LogP contribution in [0.25, 0.3) is 0 Å². The molecule has 0 fully saturated rings. The molecule has 0 aliphatic carbocycles. The average molecular weight is 262 g/mol. The molecule has 1 heterocycles. The summed E-state index contributed by atoms with van der Waals surface area (Å²) >= 11 is 0. The maximum absolute atomic E-state index is 11.2. The zero-order valence-electron chi connectivity index (χ0n) is 9.57. The van der Waals surface area contributed by atoms with Crippen LogP contribution in [0.2, 0.25) is 0 Å². The van der Waals surface area contributed by atoms with Crippen molar-refractivity contribution in [1.29, 1.82) is 0 Å². The zero-order valence-corrected chi connectivity index (χ0v) is 10.4. The first-order valence-electron chi connectivity index (χ1n) is 4.99. The molecule has 0 amide bonds. The van der Waals surface area contributed by atoms with Gasteiger partial charge in [0.2, 0.25) is 0 Å². The molecule has 17 heavy (non-hydrogen) atoms. The third kappa shape index (κ3) is 4.10. The number of aliphatic carboxylic acids is 1. The van der Waals surface area contributed by atoms with Crippen molar-refractivity contribution in [2.24, 2.45) is 0 Å². The predicted molar refractivity (Wildman–Crippen MR) is 57.9 cm³/mol. The van der Waals surface area contributed by atoms with Gasteiger partial charge in [-0.2, -0.15) is 0 Å². The van der Waals surface area contributed by atoms with Crippen LogP contribution >= 0.6 is 0 Å². The molecule has 1 aromatic rings. The van der Waals surface area contributed by atoms with E-state index in [1.807, 2.05) is 0 Å². The lowest BCUT2D eigenvalue weighted by molar-refractivity contribution is -0.138. The van der Waals surface area contributed by atoms with Gasteiger partial charge in [0.05, 0.1) is 12.5 Å². The van der Waals surface area contributed by atoms with Gasteiger partial charge in [0.25, 0.3) is 0 Å². The Morgan fingerprint density at radius 2 is 2.18 bits per heavy atom. The molecule has 96 valence electrons. The number of carboxylic acids is 1. The highest BCUT2D eigenvalue weighted by Crippen LogP contribution is 2.16. The summed E-state index contributed by atoms with van der Waals surface area (Å²) in [7, 11) is -3.25. The first kappa shape index (κ1) is 13.6. The second-order valence-electron chi connectivity index (χ2n) is 3.77. The number of rotatable bonds is 6.